The van der Waals surface area contributed by atoms with Gasteiger partial charge in [0.25, 0.3) is 5.56 Å². The summed E-state index contributed by atoms with van der Waals surface area (Å²) >= 11 is 5.14. The van der Waals surface area contributed by atoms with Crippen LogP contribution >= 0.6 is 20.0 Å². The number of methoxy groups -OCH3 is 1. The number of phosphoric acid groups is 1. The zero-order chi connectivity index (χ0) is 19.5. The van der Waals surface area contributed by atoms with Gasteiger partial charge in [-0.15, -0.1) is 0 Å². The second-order valence-corrected chi connectivity index (χ2v) is 7.27. The largest absolute Gasteiger partial charge is 0.469 e. The molecule has 1 aromatic rings. The lowest BCUT2D eigenvalue weighted by Gasteiger charge is -2.23. The summed E-state index contributed by atoms with van der Waals surface area (Å²) < 4.78 is 33.0. The maximum atomic E-state index is 11.7. The summed E-state index contributed by atoms with van der Waals surface area (Å²) in [7, 11) is -3.25. The third-order valence-electron chi connectivity index (χ3n) is 3.74. The molecule has 4 N–H and O–H groups in total. The molecule has 1 aliphatic heterocycles. The first-order chi connectivity index (χ1) is 12.1. The van der Waals surface area contributed by atoms with E-state index >= 15 is 0 Å². The van der Waals surface area contributed by atoms with Crippen LogP contribution in [0.25, 0.3) is 0 Å². The van der Waals surface area contributed by atoms with Crippen LogP contribution in [0.3, 0.4) is 0 Å². The van der Waals surface area contributed by atoms with Crippen molar-refractivity contribution < 1.29 is 38.2 Å². The highest BCUT2D eigenvalue weighted by Gasteiger charge is 2.46. The van der Waals surface area contributed by atoms with Crippen molar-refractivity contribution in [1.29, 1.82) is 0 Å². The Kier molecular flexibility index (Phi) is 7.25. The summed E-state index contributed by atoms with van der Waals surface area (Å²) in [6.07, 6.45) is -2.73. The standard InChI is InChI=1S/C13H21N2O9PS/c1-7-5-15(13(26)14-11(7)17)12-10(22-4-3-21-2)9(16)8(24-12)6-23-25(18,19)20/h5,8-10,12,16H,3-4,6H2,1-2H3,(H,14,17,26)(H2,18,19,20)/t8-,9-,10-,12-/m1/s1. The van der Waals surface area contributed by atoms with Gasteiger partial charge in [-0.1, -0.05) is 0 Å². The van der Waals surface area contributed by atoms with Crippen molar-refractivity contribution in [2.24, 2.45) is 0 Å². The molecule has 0 amide bonds. The average Bonchev–Trinajstić information content (AvgIpc) is 2.85. The van der Waals surface area contributed by atoms with Gasteiger partial charge in [-0.2, -0.15) is 0 Å². The third kappa shape index (κ3) is 5.28. The van der Waals surface area contributed by atoms with Crippen molar-refractivity contribution in [3.05, 3.63) is 26.9 Å². The quantitative estimate of drug-likeness (QED) is 0.252. The fourth-order valence-electron chi connectivity index (χ4n) is 2.47. The number of hydrogen-bond donors (Lipinski definition) is 4. The predicted molar refractivity (Wildman–Crippen MR) is 90.2 cm³/mol. The van der Waals surface area contributed by atoms with Gasteiger partial charge >= 0.3 is 7.82 Å². The summed E-state index contributed by atoms with van der Waals surface area (Å²) in [5, 5.41) is 10.4. The monoisotopic (exact) mass is 412 g/mol. The van der Waals surface area contributed by atoms with Crippen molar-refractivity contribution in [3.8, 4) is 0 Å². The second kappa shape index (κ2) is 8.83. The van der Waals surface area contributed by atoms with Gasteiger partial charge in [0.15, 0.2) is 11.0 Å². The Morgan fingerprint density at radius 2 is 2.12 bits per heavy atom. The number of phosphoric ester groups is 1. The maximum Gasteiger partial charge on any atom is 0.469 e. The number of ether oxygens (including phenoxy) is 3. The van der Waals surface area contributed by atoms with E-state index in [0.717, 1.165) is 0 Å². The van der Waals surface area contributed by atoms with Crippen molar-refractivity contribution in [3.63, 3.8) is 0 Å². The lowest BCUT2D eigenvalue weighted by Crippen LogP contribution is -2.37. The highest BCUT2D eigenvalue weighted by Crippen LogP contribution is 2.39. The smallest absolute Gasteiger partial charge is 0.387 e. The van der Waals surface area contributed by atoms with Crippen LogP contribution in [0.4, 0.5) is 0 Å². The van der Waals surface area contributed by atoms with Gasteiger partial charge in [0.05, 0.1) is 19.8 Å². The Balaban J connectivity index is 2.28. The number of aromatic amines is 1. The third-order valence-corrected chi connectivity index (χ3v) is 4.54. The molecule has 0 saturated carbocycles. The molecule has 0 aromatic carbocycles. The van der Waals surface area contributed by atoms with Crippen LogP contribution in [-0.2, 0) is 23.3 Å². The van der Waals surface area contributed by atoms with Crippen LogP contribution in [0.1, 0.15) is 11.8 Å². The Bertz CT molecular complexity index is 776. The molecule has 1 aliphatic rings. The van der Waals surface area contributed by atoms with E-state index in [1.54, 1.807) is 6.92 Å². The molecule has 13 heteroatoms. The van der Waals surface area contributed by atoms with Crippen molar-refractivity contribution in [2.75, 3.05) is 26.9 Å². The number of aliphatic hydroxyl groups excluding tert-OH is 1. The Labute approximate surface area is 153 Å². The number of hydrogen-bond acceptors (Lipinski definition) is 8. The summed E-state index contributed by atoms with van der Waals surface area (Å²) in [5.74, 6) is 0. The molecule has 1 fully saturated rings. The Morgan fingerprint density at radius 1 is 1.42 bits per heavy atom. The van der Waals surface area contributed by atoms with Gasteiger partial charge < -0.3 is 29.1 Å². The lowest BCUT2D eigenvalue weighted by molar-refractivity contribution is -0.0810. The van der Waals surface area contributed by atoms with Crippen molar-refractivity contribution in [2.45, 2.75) is 31.5 Å². The highest BCUT2D eigenvalue weighted by atomic mass is 32.1. The molecule has 0 bridgehead atoms. The molecule has 2 rings (SSSR count). The summed E-state index contributed by atoms with van der Waals surface area (Å²) in [6.45, 7) is 1.42. The molecule has 1 aromatic heterocycles. The van der Waals surface area contributed by atoms with Gasteiger partial charge in [0.1, 0.15) is 18.3 Å². The first-order valence-electron chi connectivity index (χ1n) is 7.60. The number of nitrogens with zero attached hydrogens (tertiary/aromatic N) is 1. The molecule has 0 spiro atoms. The normalized spacial score (nSPS) is 26.3. The van der Waals surface area contributed by atoms with Crippen LogP contribution in [-0.4, -0.2) is 69.7 Å². The van der Waals surface area contributed by atoms with Crippen molar-refractivity contribution in [1.82, 2.24) is 9.55 Å². The number of rotatable bonds is 8. The summed E-state index contributed by atoms with van der Waals surface area (Å²) in [4.78, 5) is 31.8. The number of H-pyrrole nitrogens is 1. The van der Waals surface area contributed by atoms with E-state index in [4.69, 9.17) is 36.2 Å². The maximum absolute atomic E-state index is 11.7. The second-order valence-electron chi connectivity index (χ2n) is 5.65. The SMILES string of the molecule is COCCO[C@@H]1[C@H](O)[C@@H](COP(=O)(O)O)O[C@H]1n1cc(C)c(=O)[nH]c1=S. The first-order valence-corrected chi connectivity index (χ1v) is 9.54. The Hall–Kier alpha value is -0.950. The summed E-state index contributed by atoms with van der Waals surface area (Å²) in [5.41, 5.74) is 0.00489. The minimum Gasteiger partial charge on any atom is -0.387 e. The van der Waals surface area contributed by atoms with Crippen LogP contribution in [0.5, 0.6) is 0 Å². The van der Waals surface area contributed by atoms with Crippen LogP contribution in [0.2, 0.25) is 0 Å². The molecular weight excluding hydrogens is 391 g/mol. The van der Waals surface area contributed by atoms with E-state index < -0.39 is 39.0 Å². The molecule has 11 nitrogen and oxygen atoms in total. The van der Waals surface area contributed by atoms with E-state index in [1.807, 2.05) is 0 Å². The zero-order valence-corrected chi connectivity index (χ0v) is 15.8. The Morgan fingerprint density at radius 3 is 2.73 bits per heavy atom. The molecule has 0 radical (unpaired) electrons. The molecule has 26 heavy (non-hydrogen) atoms. The first kappa shape index (κ1) is 21.4. The number of aliphatic hydroxyl groups is 1. The average molecular weight is 412 g/mol. The molecule has 2 heterocycles. The zero-order valence-electron chi connectivity index (χ0n) is 14.1. The summed E-state index contributed by atoms with van der Waals surface area (Å²) in [6, 6.07) is 0. The number of nitrogens with one attached hydrogen (secondary N) is 1. The predicted octanol–water partition coefficient (Wildman–Crippen LogP) is -0.386. The van der Waals surface area contributed by atoms with Gasteiger partial charge in [0, 0.05) is 18.9 Å². The van der Waals surface area contributed by atoms with Gasteiger partial charge in [-0.05, 0) is 19.1 Å². The number of aryl methyl sites for hydroxylation is 1. The van der Waals surface area contributed by atoms with Crippen LogP contribution in [0, 0.1) is 11.7 Å². The van der Waals surface area contributed by atoms with Crippen LogP contribution in [0.15, 0.2) is 11.0 Å². The lowest BCUT2D eigenvalue weighted by atomic mass is 10.1. The van der Waals surface area contributed by atoms with E-state index in [1.165, 1.54) is 17.9 Å². The minimum atomic E-state index is -4.73. The molecule has 1 saturated heterocycles. The van der Waals surface area contributed by atoms with E-state index in [-0.39, 0.29) is 23.5 Å². The molecule has 0 unspecified atom stereocenters. The molecule has 4 atom stereocenters. The van der Waals surface area contributed by atoms with Gasteiger partial charge in [-0.25, -0.2) is 4.57 Å². The van der Waals surface area contributed by atoms with Crippen LogP contribution < -0.4 is 5.56 Å². The topological polar surface area (TPSA) is 152 Å². The highest BCUT2D eigenvalue weighted by molar-refractivity contribution is 7.71. The molecule has 0 aliphatic carbocycles. The van der Waals surface area contributed by atoms with E-state index in [9.17, 15) is 14.5 Å². The number of aromatic nitrogens is 2. The van der Waals surface area contributed by atoms with Crippen molar-refractivity contribution >= 4 is 20.0 Å². The fraction of sp³-hybridized carbons (Fsp3) is 0.692. The molecule has 148 valence electrons. The van der Waals surface area contributed by atoms with E-state index in [2.05, 4.69) is 9.51 Å². The molecular formula is C13H21N2O9PS. The fourth-order valence-corrected chi connectivity index (χ4v) is 3.06. The van der Waals surface area contributed by atoms with Gasteiger partial charge in [-0.3, -0.25) is 18.9 Å². The van der Waals surface area contributed by atoms with E-state index in [0.29, 0.717) is 5.56 Å². The minimum absolute atomic E-state index is 0.0506. The van der Waals surface area contributed by atoms with Gasteiger partial charge in [0.2, 0.25) is 0 Å².